The molecule has 8 heteroatoms. The summed E-state index contributed by atoms with van der Waals surface area (Å²) < 4.78 is 16.1. The molecule has 1 saturated heterocycles. The van der Waals surface area contributed by atoms with Gasteiger partial charge in [0.25, 0.3) is 5.91 Å². The number of ether oxygens (including phenoxy) is 3. The molecule has 1 N–H and O–H groups in total. The number of rotatable bonds is 10. The summed E-state index contributed by atoms with van der Waals surface area (Å²) in [5, 5.41) is 2.85. The second kappa shape index (κ2) is 11.4. The summed E-state index contributed by atoms with van der Waals surface area (Å²) in [7, 11) is 1.57. The van der Waals surface area contributed by atoms with Gasteiger partial charge in [-0.1, -0.05) is 18.2 Å². The van der Waals surface area contributed by atoms with Gasteiger partial charge in [-0.05, 0) is 50.1 Å². The lowest BCUT2D eigenvalue weighted by atomic mass is 10.0. The van der Waals surface area contributed by atoms with Crippen molar-refractivity contribution in [2.24, 2.45) is 0 Å². The molecule has 0 spiro atoms. The maximum absolute atomic E-state index is 12.6. The molecular weight excluding hydrogens is 424 g/mol. The Bertz CT molecular complexity index is 973. The number of nitrogens with zero attached hydrogens (tertiary/aromatic N) is 1. The molecule has 1 heterocycles. The van der Waals surface area contributed by atoms with Crippen LogP contribution in [0, 0.1) is 0 Å². The van der Waals surface area contributed by atoms with Crippen LogP contribution in [-0.2, 0) is 19.1 Å². The summed E-state index contributed by atoms with van der Waals surface area (Å²) in [6.45, 7) is 4.00. The third-order valence-corrected chi connectivity index (χ3v) is 5.16. The SMILES string of the molecule is COc1ccc(C(CC(=O)OC(C)C)NC(=O)COc2cccc(N3CCCC3=O)c2)cc1. The summed E-state index contributed by atoms with van der Waals surface area (Å²) in [5.41, 5.74) is 1.50. The molecule has 176 valence electrons. The maximum Gasteiger partial charge on any atom is 0.308 e. The molecule has 1 aliphatic heterocycles. The largest absolute Gasteiger partial charge is 0.497 e. The maximum atomic E-state index is 12.6. The van der Waals surface area contributed by atoms with Gasteiger partial charge in [0.15, 0.2) is 6.61 Å². The molecule has 0 saturated carbocycles. The van der Waals surface area contributed by atoms with Crippen LogP contribution >= 0.6 is 0 Å². The van der Waals surface area contributed by atoms with E-state index in [-0.39, 0.29) is 30.9 Å². The fraction of sp³-hybridized carbons (Fsp3) is 0.400. The van der Waals surface area contributed by atoms with E-state index in [4.69, 9.17) is 14.2 Å². The molecule has 3 rings (SSSR count). The smallest absolute Gasteiger partial charge is 0.308 e. The van der Waals surface area contributed by atoms with Crippen LogP contribution in [0.1, 0.15) is 44.7 Å². The minimum absolute atomic E-state index is 0.0111. The van der Waals surface area contributed by atoms with E-state index in [2.05, 4.69) is 5.32 Å². The Balaban J connectivity index is 1.63. The van der Waals surface area contributed by atoms with Crippen molar-refractivity contribution in [2.45, 2.75) is 45.3 Å². The normalized spacial score (nSPS) is 14.2. The molecule has 1 fully saturated rings. The minimum atomic E-state index is -0.577. The van der Waals surface area contributed by atoms with E-state index in [1.807, 2.05) is 6.07 Å². The zero-order chi connectivity index (χ0) is 23.8. The highest BCUT2D eigenvalue weighted by molar-refractivity contribution is 5.95. The molecule has 8 nitrogen and oxygen atoms in total. The first-order valence-corrected chi connectivity index (χ1v) is 11.0. The highest BCUT2D eigenvalue weighted by Gasteiger charge is 2.23. The fourth-order valence-electron chi connectivity index (χ4n) is 3.61. The molecule has 0 aliphatic carbocycles. The van der Waals surface area contributed by atoms with Gasteiger partial charge in [-0.3, -0.25) is 14.4 Å². The quantitative estimate of drug-likeness (QED) is 0.553. The van der Waals surface area contributed by atoms with Crippen molar-refractivity contribution in [3.8, 4) is 11.5 Å². The summed E-state index contributed by atoms with van der Waals surface area (Å²) in [4.78, 5) is 38.6. The molecule has 0 bridgehead atoms. The van der Waals surface area contributed by atoms with E-state index < -0.39 is 12.0 Å². The number of nitrogens with one attached hydrogen (secondary N) is 1. The van der Waals surface area contributed by atoms with Gasteiger partial charge >= 0.3 is 5.97 Å². The summed E-state index contributed by atoms with van der Waals surface area (Å²) in [6, 6.07) is 13.7. The Morgan fingerprint density at radius 1 is 1.09 bits per heavy atom. The Labute approximate surface area is 193 Å². The lowest BCUT2D eigenvalue weighted by Gasteiger charge is -2.20. The van der Waals surface area contributed by atoms with Crippen molar-refractivity contribution in [1.29, 1.82) is 0 Å². The lowest BCUT2D eigenvalue weighted by molar-refractivity contribution is -0.148. The molecule has 2 amide bonds. The van der Waals surface area contributed by atoms with Gasteiger partial charge in [-0.2, -0.15) is 0 Å². The molecule has 0 radical (unpaired) electrons. The van der Waals surface area contributed by atoms with Gasteiger partial charge in [-0.25, -0.2) is 0 Å². The first kappa shape index (κ1) is 24.1. The van der Waals surface area contributed by atoms with E-state index in [0.717, 1.165) is 17.7 Å². The van der Waals surface area contributed by atoms with Gasteiger partial charge in [0.05, 0.1) is 25.7 Å². The summed E-state index contributed by atoms with van der Waals surface area (Å²) >= 11 is 0. The highest BCUT2D eigenvalue weighted by atomic mass is 16.5. The first-order valence-electron chi connectivity index (χ1n) is 11.0. The monoisotopic (exact) mass is 454 g/mol. The number of methoxy groups -OCH3 is 1. The van der Waals surface area contributed by atoms with Crippen molar-refractivity contribution in [3.63, 3.8) is 0 Å². The van der Waals surface area contributed by atoms with Gasteiger partial charge in [0, 0.05) is 24.7 Å². The molecule has 1 unspecified atom stereocenters. The van der Waals surface area contributed by atoms with E-state index in [1.165, 1.54) is 0 Å². The lowest BCUT2D eigenvalue weighted by Crippen LogP contribution is -2.34. The highest BCUT2D eigenvalue weighted by Crippen LogP contribution is 2.25. The Hall–Kier alpha value is -3.55. The molecule has 2 aromatic rings. The van der Waals surface area contributed by atoms with E-state index in [1.54, 1.807) is 68.3 Å². The second-order valence-corrected chi connectivity index (χ2v) is 8.07. The van der Waals surface area contributed by atoms with Crippen molar-refractivity contribution in [3.05, 3.63) is 54.1 Å². The standard InChI is InChI=1S/C25H30N2O6/c1-17(2)33-25(30)15-22(18-9-11-20(31-3)12-10-18)26-23(28)16-32-21-7-4-6-19(14-21)27-13-5-8-24(27)29/h4,6-7,9-12,14,17,22H,5,8,13,15-16H2,1-3H3,(H,26,28). The van der Waals surface area contributed by atoms with Gasteiger partial charge in [0.1, 0.15) is 11.5 Å². The zero-order valence-corrected chi connectivity index (χ0v) is 19.2. The molecular formula is C25H30N2O6. The van der Waals surface area contributed by atoms with Crippen molar-refractivity contribution < 1.29 is 28.6 Å². The minimum Gasteiger partial charge on any atom is -0.497 e. The Morgan fingerprint density at radius 3 is 2.48 bits per heavy atom. The van der Waals surface area contributed by atoms with Crippen LogP contribution in [0.2, 0.25) is 0 Å². The Morgan fingerprint density at radius 2 is 1.85 bits per heavy atom. The summed E-state index contributed by atoms with van der Waals surface area (Å²) in [6.07, 6.45) is 1.11. The summed E-state index contributed by atoms with van der Waals surface area (Å²) in [5.74, 6) is 0.460. The number of amides is 2. The number of benzene rings is 2. The third kappa shape index (κ3) is 6.97. The number of hydrogen-bond acceptors (Lipinski definition) is 6. The van der Waals surface area contributed by atoms with Crippen LogP contribution in [0.15, 0.2) is 48.5 Å². The molecule has 33 heavy (non-hydrogen) atoms. The fourth-order valence-corrected chi connectivity index (χ4v) is 3.61. The zero-order valence-electron chi connectivity index (χ0n) is 19.2. The average Bonchev–Trinajstić information content (AvgIpc) is 3.23. The second-order valence-electron chi connectivity index (χ2n) is 8.07. The van der Waals surface area contributed by atoms with Gasteiger partial charge < -0.3 is 24.4 Å². The van der Waals surface area contributed by atoms with E-state index in [9.17, 15) is 14.4 Å². The van der Waals surface area contributed by atoms with Crippen molar-refractivity contribution >= 4 is 23.5 Å². The van der Waals surface area contributed by atoms with Gasteiger partial charge in [-0.15, -0.1) is 0 Å². The van der Waals surface area contributed by atoms with E-state index >= 15 is 0 Å². The van der Waals surface area contributed by atoms with Crippen molar-refractivity contribution in [1.82, 2.24) is 5.32 Å². The number of anilines is 1. The predicted molar refractivity (Wildman–Crippen MR) is 123 cm³/mol. The topological polar surface area (TPSA) is 94.2 Å². The van der Waals surface area contributed by atoms with Crippen LogP contribution < -0.4 is 19.7 Å². The average molecular weight is 455 g/mol. The number of carbonyl (C=O) groups is 3. The van der Waals surface area contributed by atoms with Crippen LogP contribution in [0.5, 0.6) is 11.5 Å². The molecule has 2 aromatic carbocycles. The molecule has 0 aromatic heterocycles. The third-order valence-electron chi connectivity index (χ3n) is 5.16. The van der Waals surface area contributed by atoms with E-state index in [0.29, 0.717) is 24.5 Å². The number of carbonyl (C=O) groups excluding carboxylic acids is 3. The molecule has 1 atom stereocenters. The van der Waals surface area contributed by atoms with Gasteiger partial charge in [0.2, 0.25) is 5.91 Å². The predicted octanol–water partition coefficient (Wildman–Crippen LogP) is 3.40. The molecule has 1 aliphatic rings. The van der Waals surface area contributed by atoms with Crippen molar-refractivity contribution in [2.75, 3.05) is 25.2 Å². The van der Waals surface area contributed by atoms with Crippen LogP contribution in [0.25, 0.3) is 0 Å². The Kier molecular flexibility index (Phi) is 8.29. The van der Waals surface area contributed by atoms with Crippen LogP contribution in [0.4, 0.5) is 5.69 Å². The van der Waals surface area contributed by atoms with Crippen LogP contribution in [-0.4, -0.2) is 44.1 Å². The first-order chi connectivity index (χ1) is 15.9. The van der Waals surface area contributed by atoms with Crippen LogP contribution in [0.3, 0.4) is 0 Å². The number of esters is 1. The number of hydrogen-bond donors (Lipinski definition) is 1.